The van der Waals surface area contributed by atoms with Gasteiger partial charge < -0.3 is 10.8 Å². The van der Waals surface area contributed by atoms with Gasteiger partial charge in [0.1, 0.15) is 0 Å². The number of hydrogen-bond acceptors (Lipinski definition) is 2. The molecule has 2 rings (SSSR count). The second-order valence-corrected chi connectivity index (χ2v) is 2.77. The minimum absolute atomic E-state index is 0.278. The monoisotopic (exact) mass is 163 g/mol. The lowest BCUT2D eigenvalue weighted by atomic mass is 10.2. The van der Waals surface area contributed by atoms with Crippen LogP contribution in [0, 0.1) is 6.92 Å². The molecule has 0 fully saturated rings. The van der Waals surface area contributed by atoms with Crippen LogP contribution in [0.4, 0.5) is 0 Å². The molecular weight excluding hydrogens is 154 g/mol. The van der Waals surface area contributed by atoms with E-state index < -0.39 is 0 Å². The Hall–Kier alpha value is -1.71. The second-order valence-electron chi connectivity index (χ2n) is 2.77. The number of benzene rings is 1. The van der Waals surface area contributed by atoms with Gasteiger partial charge in [-0.15, -0.1) is 0 Å². The van der Waals surface area contributed by atoms with Crippen LogP contribution in [0.1, 0.15) is 5.56 Å². The Morgan fingerprint density at radius 2 is 2.25 bits per heavy atom. The Balaban J connectivity index is 3.07. The number of H-pyrrole nitrogens is 1. The van der Waals surface area contributed by atoms with Gasteiger partial charge >= 0.3 is 5.69 Å². The number of aryl methyl sites for hydroxylation is 1. The smallest absolute Gasteiger partial charge is 0.335 e. The van der Waals surface area contributed by atoms with Crippen molar-refractivity contribution in [3.8, 4) is 0 Å². The SMILES string of the molecule is Cc1cccc2[nH]c(=O)n(N)c12. The summed E-state index contributed by atoms with van der Waals surface area (Å²) in [5, 5.41) is 0. The van der Waals surface area contributed by atoms with E-state index >= 15 is 0 Å². The fraction of sp³-hybridized carbons (Fsp3) is 0.125. The van der Waals surface area contributed by atoms with E-state index in [-0.39, 0.29) is 5.69 Å². The van der Waals surface area contributed by atoms with Crippen LogP contribution in [0.5, 0.6) is 0 Å². The molecule has 0 aliphatic rings. The number of nitrogens with two attached hydrogens (primary N) is 1. The predicted molar refractivity (Wildman–Crippen MR) is 47.4 cm³/mol. The molecule has 12 heavy (non-hydrogen) atoms. The van der Waals surface area contributed by atoms with Gasteiger partial charge in [-0.2, -0.15) is 0 Å². The van der Waals surface area contributed by atoms with Gasteiger partial charge in [0.15, 0.2) is 0 Å². The summed E-state index contributed by atoms with van der Waals surface area (Å²) >= 11 is 0. The van der Waals surface area contributed by atoms with Crippen molar-refractivity contribution < 1.29 is 0 Å². The molecule has 0 bridgehead atoms. The normalized spacial score (nSPS) is 10.8. The van der Waals surface area contributed by atoms with Crippen molar-refractivity contribution in [3.05, 3.63) is 34.2 Å². The van der Waals surface area contributed by atoms with Gasteiger partial charge in [-0.1, -0.05) is 12.1 Å². The summed E-state index contributed by atoms with van der Waals surface area (Å²) in [6, 6.07) is 5.62. The Morgan fingerprint density at radius 3 is 2.92 bits per heavy atom. The van der Waals surface area contributed by atoms with Crippen LogP contribution in [0.2, 0.25) is 0 Å². The highest BCUT2D eigenvalue weighted by Gasteiger charge is 2.04. The molecule has 0 spiro atoms. The van der Waals surface area contributed by atoms with Gasteiger partial charge in [-0.25, -0.2) is 9.47 Å². The van der Waals surface area contributed by atoms with E-state index in [4.69, 9.17) is 5.84 Å². The van der Waals surface area contributed by atoms with Crippen molar-refractivity contribution in [2.75, 3.05) is 5.84 Å². The lowest BCUT2D eigenvalue weighted by molar-refractivity contribution is 0.963. The van der Waals surface area contributed by atoms with E-state index in [0.717, 1.165) is 21.3 Å². The van der Waals surface area contributed by atoms with Gasteiger partial charge in [0.2, 0.25) is 0 Å². The molecule has 4 heteroatoms. The van der Waals surface area contributed by atoms with Crippen LogP contribution in [-0.4, -0.2) is 9.66 Å². The highest BCUT2D eigenvalue weighted by Crippen LogP contribution is 2.12. The number of fused-ring (bicyclic) bond motifs is 1. The van der Waals surface area contributed by atoms with Gasteiger partial charge in [-0.05, 0) is 18.6 Å². The van der Waals surface area contributed by atoms with Crippen molar-refractivity contribution in [2.45, 2.75) is 6.92 Å². The van der Waals surface area contributed by atoms with E-state index in [1.54, 1.807) is 0 Å². The molecule has 1 heterocycles. The van der Waals surface area contributed by atoms with Crippen LogP contribution in [0.15, 0.2) is 23.0 Å². The standard InChI is InChI=1S/C8H9N3O/c1-5-3-2-4-6-7(5)11(9)8(12)10-6/h2-4H,9H2,1H3,(H,10,12). The summed E-state index contributed by atoms with van der Waals surface area (Å²) in [6.45, 7) is 1.92. The van der Waals surface area contributed by atoms with Gasteiger partial charge in [0, 0.05) is 0 Å². The fourth-order valence-corrected chi connectivity index (χ4v) is 1.36. The summed E-state index contributed by atoms with van der Waals surface area (Å²) in [4.78, 5) is 13.7. The van der Waals surface area contributed by atoms with E-state index in [1.807, 2.05) is 25.1 Å². The average molecular weight is 163 g/mol. The van der Waals surface area contributed by atoms with Crippen LogP contribution in [-0.2, 0) is 0 Å². The van der Waals surface area contributed by atoms with E-state index in [9.17, 15) is 4.79 Å². The number of nitrogens with one attached hydrogen (secondary N) is 1. The zero-order valence-electron chi connectivity index (χ0n) is 6.66. The molecule has 0 aliphatic heterocycles. The van der Waals surface area contributed by atoms with Gasteiger partial charge in [0.25, 0.3) is 0 Å². The maximum absolute atomic E-state index is 11.1. The Kier molecular flexibility index (Phi) is 1.24. The van der Waals surface area contributed by atoms with E-state index in [2.05, 4.69) is 4.98 Å². The van der Waals surface area contributed by atoms with Crippen molar-refractivity contribution in [3.63, 3.8) is 0 Å². The molecule has 0 radical (unpaired) electrons. The molecule has 3 N–H and O–H groups in total. The molecule has 1 aromatic heterocycles. The highest BCUT2D eigenvalue weighted by molar-refractivity contribution is 5.78. The number of aromatic nitrogens is 2. The molecule has 2 aromatic rings. The zero-order valence-corrected chi connectivity index (χ0v) is 6.66. The molecule has 1 aromatic carbocycles. The Labute approximate surface area is 68.6 Å². The van der Waals surface area contributed by atoms with Gasteiger partial charge in [-0.3, -0.25) is 0 Å². The van der Waals surface area contributed by atoms with Crippen molar-refractivity contribution in [1.82, 2.24) is 9.66 Å². The van der Waals surface area contributed by atoms with Gasteiger partial charge in [0.05, 0.1) is 11.0 Å². The molecule has 0 amide bonds. The molecule has 0 saturated heterocycles. The highest BCUT2D eigenvalue weighted by atomic mass is 16.1. The summed E-state index contributed by atoms with van der Waals surface area (Å²) in [5.41, 5.74) is 2.26. The van der Waals surface area contributed by atoms with Crippen LogP contribution in [0.25, 0.3) is 11.0 Å². The number of imidazole rings is 1. The molecule has 0 aliphatic carbocycles. The number of nitrogen functional groups attached to an aromatic ring is 1. The molecule has 4 nitrogen and oxygen atoms in total. The summed E-state index contributed by atoms with van der Waals surface area (Å²) in [5.74, 6) is 5.51. The van der Waals surface area contributed by atoms with Crippen LogP contribution in [0.3, 0.4) is 0 Å². The fourth-order valence-electron chi connectivity index (χ4n) is 1.36. The van der Waals surface area contributed by atoms with Crippen molar-refractivity contribution in [1.29, 1.82) is 0 Å². The molecule has 0 unspecified atom stereocenters. The summed E-state index contributed by atoms with van der Waals surface area (Å²) < 4.78 is 1.13. The van der Waals surface area contributed by atoms with E-state index in [0.29, 0.717) is 0 Å². The largest absolute Gasteiger partial charge is 0.344 e. The third kappa shape index (κ3) is 0.747. The van der Waals surface area contributed by atoms with Crippen LogP contribution < -0.4 is 11.5 Å². The minimum Gasteiger partial charge on any atom is -0.335 e. The topological polar surface area (TPSA) is 63.8 Å². The summed E-state index contributed by atoms with van der Waals surface area (Å²) in [7, 11) is 0. The first kappa shape index (κ1) is 6.97. The lowest BCUT2D eigenvalue weighted by Gasteiger charge is -1.96. The second kappa shape index (κ2) is 2.14. The number of rotatable bonds is 0. The zero-order chi connectivity index (χ0) is 8.72. The Bertz CT molecular complexity index is 480. The van der Waals surface area contributed by atoms with E-state index in [1.165, 1.54) is 0 Å². The minimum atomic E-state index is -0.278. The first-order valence-electron chi connectivity index (χ1n) is 3.65. The number of para-hydroxylation sites is 1. The maximum atomic E-state index is 11.1. The predicted octanol–water partition coefficient (Wildman–Crippen LogP) is 0.352. The van der Waals surface area contributed by atoms with Crippen LogP contribution >= 0.6 is 0 Å². The van der Waals surface area contributed by atoms with Crippen molar-refractivity contribution in [2.24, 2.45) is 0 Å². The van der Waals surface area contributed by atoms with Crippen molar-refractivity contribution >= 4 is 11.0 Å². The maximum Gasteiger partial charge on any atom is 0.344 e. The first-order chi connectivity index (χ1) is 5.70. The lowest BCUT2D eigenvalue weighted by Crippen LogP contribution is -2.24. The molecule has 62 valence electrons. The molecule has 0 atom stereocenters. The third-order valence-corrected chi connectivity index (χ3v) is 1.94. The molecule has 0 saturated carbocycles. The molecular formula is C8H9N3O. The average Bonchev–Trinajstić information content (AvgIpc) is 2.29. The quantitative estimate of drug-likeness (QED) is 0.550. The number of aromatic amines is 1. The Morgan fingerprint density at radius 1 is 1.50 bits per heavy atom. The number of hydrogen-bond donors (Lipinski definition) is 2. The third-order valence-electron chi connectivity index (χ3n) is 1.94. The summed E-state index contributed by atoms with van der Waals surface area (Å²) in [6.07, 6.45) is 0. The first-order valence-corrected chi connectivity index (χ1v) is 3.65. The number of nitrogens with zero attached hydrogens (tertiary/aromatic N) is 1.